The Morgan fingerprint density at radius 1 is 1.12 bits per heavy atom. The molecule has 2 heterocycles. The first-order chi connectivity index (χ1) is 12.7. The highest BCUT2D eigenvalue weighted by molar-refractivity contribution is 5.91. The van der Waals surface area contributed by atoms with Crippen LogP contribution >= 0.6 is 0 Å². The van der Waals surface area contributed by atoms with Gasteiger partial charge >= 0.3 is 0 Å². The van der Waals surface area contributed by atoms with Crippen LogP contribution in [-0.4, -0.2) is 30.5 Å². The van der Waals surface area contributed by atoms with E-state index in [0.717, 1.165) is 17.5 Å². The van der Waals surface area contributed by atoms with E-state index < -0.39 is 0 Å². The highest BCUT2D eigenvalue weighted by Crippen LogP contribution is 2.06. The van der Waals surface area contributed by atoms with Crippen LogP contribution in [0.15, 0.2) is 53.8 Å². The van der Waals surface area contributed by atoms with Gasteiger partial charge in [-0.15, -0.1) is 0 Å². The van der Waals surface area contributed by atoms with Crippen LogP contribution in [0.25, 0.3) is 0 Å². The topological polar surface area (TPSA) is 94.7 Å². The van der Waals surface area contributed by atoms with Gasteiger partial charge in [0.2, 0.25) is 0 Å². The normalized spacial score (nSPS) is 10.7. The third kappa shape index (κ3) is 4.41. The zero-order valence-electron chi connectivity index (χ0n) is 14.5. The van der Waals surface area contributed by atoms with Crippen LogP contribution in [0, 0.1) is 0 Å². The van der Waals surface area contributed by atoms with Crippen LogP contribution in [0.1, 0.15) is 35.0 Å². The molecule has 2 aromatic heterocycles. The maximum absolute atomic E-state index is 12.3. The molecule has 1 aromatic carbocycles. The molecule has 0 atom stereocenters. The fourth-order valence-corrected chi connectivity index (χ4v) is 2.48. The molecule has 0 radical (unpaired) electrons. The number of nitrogens with zero attached hydrogens (tertiary/aromatic N) is 5. The van der Waals surface area contributed by atoms with Crippen molar-refractivity contribution in [1.29, 1.82) is 0 Å². The number of amides is 1. The summed E-state index contributed by atoms with van der Waals surface area (Å²) < 4.78 is 3.06. The molecule has 1 amide bonds. The quantitative estimate of drug-likeness (QED) is 0.690. The molecular weight excluding hydrogens is 332 g/mol. The fraction of sp³-hybridized carbons (Fsp3) is 0.278. The zero-order chi connectivity index (χ0) is 18.4. The first-order valence-corrected chi connectivity index (χ1v) is 8.42. The summed E-state index contributed by atoms with van der Waals surface area (Å²) in [7, 11) is 0. The third-order valence-electron chi connectivity index (χ3n) is 3.82. The number of rotatable bonds is 7. The molecule has 0 aliphatic carbocycles. The Labute approximate surface area is 150 Å². The first-order valence-electron chi connectivity index (χ1n) is 8.42. The van der Waals surface area contributed by atoms with Gasteiger partial charge in [0.15, 0.2) is 0 Å². The summed E-state index contributed by atoms with van der Waals surface area (Å²) in [4.78, 5) is 27.8. The number of hydrogen-bond acceptors (Lipinski definition) is 5. The molecule has 134 valence electrons. The Hall–Kier alpha value is -3.29. The molecule has 0 aliphatic heterocycles. The van der Waals surface area contributed by atoms with E-state index in [2.05, 4.69) is 20.5 Å². The molecule has 0 saturated carbocycles. The molecule has 3 aromatic rings. The summed E-state index contributed by atoms with van der Waals surface area (Å²) >= 11 is 0. The Balaban J connectivity index is 1.59. The highest BCUT2D eigenvalue weighted by atomic mass is 16.2. The minimum Gasteiger partial charge on any atom is -0.347 e. The van der Waals surface area contributed by atoms with Crippen LogP contribution < -0.4 is 10.9 Å². The molecule has 8 nitrogen and oxygen atoms in total. The average molecular weight is 352 g/mol. The molecular formula is C18H20N6O2. The van der Waals surface area contributed by atoms with Gasteiger partial charge in [-0.3, -0.25) is 9.59 Å². The average Bonchev–Trinajstić information content (AvgIpc) is 3.16. The summed E-state index contributed by atoms with van der Waals surface area (Å²) in [5.74, 6) is -0.304. The Morgan fingerprint density at radius 2 is 1.88 bits per heavy atom. The zero-order valence-corrected chi connectivity index (χ0v) is 14.5. The van der Waals surface area contributed by atoms with Gasteiger partial charge in [-0.2, -0.15) is 10.2 Å². The van der Waals surface area contributed by atoms with Gasteiger partial charge in [-0.05, 0) is 23.6 Å². The van der Waals surface area contributed by atoms with E-state index in [1.54, 1.807) is 11.0 Å². The molecule has 26 heavy (non-hydrogen) atoms. The van der Waals surface area contributed by atoms with Crippen molar-refractivity contribution in [3.05, 3.63) is 76.2 Å². The molecule has 0 saturated heterocycles. The van der Waals surface area contributed by atoms with Gasteiger partial charge in [-0.25, -0.2) is 14.3 Å². The molecule has 1 N–H and O–H groups in total. The molecule has 0 spiro atoms. The van der Waals surface area contributed by atoms with Crippen molar-refractivity contribution in [2.45, 2.75) is 33.0 Å². The summed E-state index contributed by atoms with van der Waals surface area (Å²) in [6.07, 6.45) is 3.94. The molecule has 8 heteroatoms. The fourth-order valence-electron chi connectivity index (χ4n) is 2.48. The number of nitrogens with one attached hydrogen (secondary N) is 1. The number of carbonyl (C=O) groups is 1. The minimum atomic E-state index is -0.304. The van der Waals surface area contributed by atoms with E-state index in [1.807, 2.05) is 31.2 Å². The van der Waals surface area contributed by atoms with Crippen molar-refractivity contribution in [3.8, 4) is 0 Å². The SMILES string of the molecule is CCCn1nc(C(=O)NCc2ccc(Cn3cncn3)cc2)ccc1=O. The lowest BCUT2D eigenvalue weighted by Gasteiger charge is -2.08. The number of benzene rings is 1. The summed E-state index contributed by atoms with van der Waals surface area (Å²) in [5.41, 5.74) is 2.11. The number of hydrogen-bond donors (Lipinski definition) is 1. The molecule has 0 aliphatic rings. The largest absolute Gasteiger partial charge is 0.347 e. The van der Waals surface area contributed by atoms with Crippen LogP contribution in [-0.2, 0) is 19.6 Å². The molecule has 0 unspecified atom stereocenters. The lowest BCUT2D eigenvalue weighted by Crippen LogP contribution is -2.29. The van der Waals surface area contributed by atoms with E-state index in [1.165, 1.54) is 23.1 Å². The van der Waals surface area contributed by atoms with Gasteiger partial charge in [-0.1, -0.05) is 31.2 Å². The summed E-state index contributed by atoms with van der Waals surface area (Å²) in [6.45, 7) is 3.48. The summed E-state index contributed by atoms with van der Waals surface area (Å²) in [6, 6.07) is 10.7. The monoisotopic (exact) mass is 352 g/mol. The van der Waals surface area contributed by atoms with E-state index in [0.29, 0.717) is 19.6 Å². The predicted octanol–water partition coefficient (Wildman–Crippen LogP) is 1.22. The van der Waals surface area contributed by atoms with Gasteiger partial charge in [0.25, 0.3) is 11.5 Å². The Morgan fingerprint density at radius 3 is 2.58 bits per heavy atom. The number of aromatic nitrogens is 5. The lowest BCUT2D eigenvalue weighted by atomic mass is 10.1. The van der Waals surface area contributed by atoms with Gasteiger partial charge in [0, 0.05) is 19.2 Å². The molecule has 0 fully saturated rings. The van der Waals surface area contributed by atoms with E-state index >= 15 is 0 Å². The number of carbonyl (C=O) groups excluding carboxylic acids is 1. The number of aryl methyl sites for hydroxylation is 1. The maximum Gasteiger partial charge on any atom is 0.271 e. The van der Waals surface area contributed by atoms with E-state index in [4.69, 9.17) is 0 Å². The van der Waals surface area contributed by atoms with Crippen molar-refractivity contribution < 1.29 is 4.79 Å². The van der Waals surface area contributed by atoms with Crippen molar-refractivity contribution >= 4 is 5.91 Å². The molecule has 0 bridgehead atoms. The lowest BCUT2D eigenvalue weighted by molar-refractivity contribution is 0.0943. The van der Waals surface area contributed by atoms with Crippen LogP contribution in [0.2, 0.25) is 0 Å². The van der Waals surface area contributed by atoms with Crippen LogP contribution in [0.5, 0.6) is 0 Å². The van der Waals surface area contributed by atoms with Crippen molar-refractivity contribution in [1.82, 2.24) is 29.9 Å². The summed E-state index contributed by atoms with van der Waals surface area (Å²) in [5, 5.41) is 11.0. The smallest absolute Gasteiger partial charge is 0.271 e. The first kappa shape index (κ1) is 17.5. The van der Waals surface area contributed by atoms with Gasteiger partial charge in [0.1, 0.15) is 18.3 Å². The predicted molar refractivity (Wildman–Crippen MR) is 95.5 cm³/mol. The van der Waals surface area contributed by atoms with Crippen molar-refractivity contribution in [2.75, 3.05) is 0 Å². The highest BCUT2D eigenvalue weighted by Gasteiger charge is 2.09. The molecule has 3 rings (SSSR count). The van der Waals surface area contributed by atoms with Gasteiger partial charge in [0.05, 0.1) is 6.54 Å². The standard InChI is InChI=1S/C18H20N6O2/c1-2-9-24-17(25)8-7-16(22-24)18(26)20-10-14-3-5-15(6-4-14)11-23-13-19-12-21-23/h3-8,12-13H,2,9-11H2,1H3,(H,20,26). The second kappa shape index (κ2) is 8.19. The Kier molecular flexibility index (Phi) is 5.52. The maximum atomic E-state index is 12.3. The second-order valence-corrected chi connectivity index (χ2v) is 5.87. The van der Waals surface area contributed by atoms with Gasteiger partial charge < -0.3 is 5.32 Å². The second-order valence-electron chi connectivity index (χ2n) is 5.87. The van der Waals surface area contributed by atoms with Crippen molar-refractivity contribution in [2.24, 2.45) is 0 Å². The third-order valence-corrected chi connectivity index (χ3v) is 3.82. The Bertz CT molecular complexity index is 916. The van der Waals surface area contributed by atoms with Crippen molar-refractivity contribution in [3.63, 3.8) is 0 Å². The van der Waals surface area contributed by atoms with Crippen LogP contribution in [0.3, 0.4) is 0 Å². The minimum absolute atomic E-state index is 0.202. The van der Waals surface area contributed by atoms with Crippen LogP contribution in [0.4, 0.5) is 0 Å². The van der Waals surface area contributed by atoms with E-state index in [-0.39, 0.29) is 17.2 Å². The van der Waals surface area contributed by atoms with E-state index in [9.17, 15) is 9.59 Å².